The first kappa shape index (κ1) is 7.17. The van der Waals surface area contributed by atoms with Gasteiger partial charge >= 0.3 is 0 Å². The van der Waals surface area contributed by atoms with E-state index in [-0.39, 0.29) is 5.06 Å². The fraction of sp³-hybridized carbons (Fsp3) is 0. The highest BCUT2D eigenvalue weighted by molar-refractivity contribution is 7.16. The van der Waals surface area contributed by atoms with E-state index < -0.39 is 0 Å². The van der Waals surface area contributed by atoms with Gasteiger partial charge in [-0.3, -0.25) is 0 Å². The Kier molecular flexibility index (Phi) is 1.71. The first-order chi connectivity index (χ1) is 5.86. The van der Waals surface area contributed by atoms with Gasteiger partial charge in [-0.1, -0.05) is 11.3 Å². The molecule has 4 nitrogen and oxygen atoms in total. The second-order valence-corrected chi connectivity index (χ2v) is 3.14. The van der Waals surface area contributed by atoms with Crippen molar-refractivity contribution in [2.45, 2.75) is 0 Å². The summed E-state index contributed by atoms with van der Waals surface area (Å²) in [4.78, 5) is 11.7. The maximum absolute atomic E-state index is 9.03. The van der Waals surface area contributed by atoms with Crippen molar-refractivity contribution in [2.24, 2.45) is 0 Å². The Bertz CT molecular complexity index is 373. The molecule has 2 aromatic heterocycles. The Morgan fingerprint density at radius 2 is 1.92 bits per heavy atom. The van der Waals surface area contributed by atoms with Crippen molar-refractivity contribution in [3.05, 3.63) is 24.9 Å². The highest BCUT2D eigenvalue weighted by Gasteiger charge is 2.02. The zero-order valence-electron chi connectivity index (χ0n) is 6.01. The van der Waals surface area contributed by atoms with Crippen molar-refractivity contribution in [2.75, 3.05) is 0 Å². The summed E-state index contributed by atoms with van der Waals surface area (Å²) < 4.78 is 0. The van der Waals surface area contributed by atoms with Gasteiger partial charge < -0.3 is 5.11 Å². The van der Waals surface area contributed by atoms with Gasteiger partial charge in [-0.2, -0.15) is 0 Å². The fourth-order valence-electron chi connectivity index (χ4n) is 0.809. The number of hydrogen-bond acceptors (Lipinski definition) is 5. The third-order valence-corrected chi connectivity index (χ3v) is 2.15. The highest BCUT2D eigenvalue weighted by Crippen LogP contribution is 2.27. The van der Waals surface area contributed by atoms with Gasteiger partial charge in [0, 0.05) is 18.0 Å². The average Bonchev–Trinajstić information content (AvgIpc) is 2.54. The average molecular weight is 179 g/mol. The van der Waals surface area contributed by atoms with Crippen LogP contribution in [0.5, 0.6) is 5.06 Å². The van der Waals surface area contributed by atoms with Crippen LogP contribution in [0.25, 0.3) is 10.6 Å². The summed E-state index contributed by atoms with van der Waals surface area (Å²) in [5.41, 5.74) is 0.822. The number of aromatic nitrogens is 3. The quantitative estimate of drug-likeness (QED) is 0.717. The molecular formula is C7H5N3OS. The fourth-order valence-corrected chi connectivity index (χ4v) is 1.44. The van der Waals surface area contributed by atoms with E-state index in [1.807, 2.05) is 0 Å². The van der Waals surface area contributed by atoms with E-state index in [2.05, 4.69) is 15.0 Å². The van der Waals surface area contributed by atoms with Gasteiger partial charge in [0.1, 0.15) is 11.3 Å². The number of rotatable bonds is 1. The molecule has 1 N–H and O–H groups in total. The van der Waals surface area contributed by atoms with E-state index in [4.69, 9.17) is 5.11 Å². The van der Waals surface area contributed by atoms with Crippen LogP contribution in [0.2, 0.25) is 0 Å². The molecule has 0 saturated carbocycles. The number of aromatic hydroxyl groups is 1. The summed E-state index contributed by atoms with van der Waals surface area (Å²) in [6, 6.07) is 0. The monoisotopic (exact) mass is 179 g/mol. The van der Waals surface area contributed by atoms with E-state index in [0.717, 1.165) is 10.6 Å². The predicted octanol–water partition coefficient (Wildman–Crippen LogP) is 1.31. The summed E-state index contributed by atoms with van der Waals surface area (Å²) >= 11 is 1.21. The van der Waals surface area contributed by atoms with Crippen LogP contribution >= 0.6 is 11.3 Å². The lowest BCUT2D eigenvalue weighted by molar-refractivity contribution is 0.489. The highest BCUT2D eigenvalue weighted by atomic mass is 32.1. The Morgan fingerprint density at radius 1 is 1.17 bits per heavy atom. The topological polar surface area (TPSA) is 58.9 Å². The lowest BCUT2D eigenvalue weighted by Gasteiger charge is -1.90. The molecule has 0 spiro atoms. The SMILES string of the molecule is Oc1cnc(-c2cncnc2)s1. The van der Waals surface area contributed by atoms with Gasteiger partial charge in [0.25, 0.3) is 0 Å². The lowest BCUT2D eigenvalue weighted by atomic mass is 10.4. The molecule has 0 aliphatic rings. The number of nitrogens with zero attached hydrogens (tertiary/aromatic N) is 3. The molecule has 0 aliphatic carbocycles. The van der Waals surface area contributed by atoms with E-state index in [1.165, 1.54) is 23.9 Å². The van der Waals surface area contributed by atoms with Gasteiger partial charge in [0.05, 0.1) is 6.20 Å². The van der Waals surface area contributed by atoms with Crippen molar-refractivity contribution < 1.29 is 5.11 Å². The van der Waals surface area contributed by atoms with Crippen LogP contribution in [-0.2, 0) is 0 Å². The molecule has 0 bridgehead atoms. The van der Waals surface area contributed by atoms with Crippen LogP contribution in [0.4, 0.5) is 0 Å². The van der Waals surface area contributed by atoms with Crippen molar-refractivity contribution >= 4 is 11.3 Å². The molecule has 60 valence electrons. The molecule has 0 amide bonds. The first-order valence-corrected chi connectivity index (χ1v) is 4.08. The van der Waals surface area contributed by atoms with E-state index in [9.17, 15) is 0 Å². The zero-order valence-corrected chi connectivity index (χ0v) is 6.82. The minimum Gasteiger partial charge on any atom is -0.498 e. The molecular weight excluding hydrogens is 174 g/mol. The maximum Gasteiger partial charge on any atom is 0.192 e. The summed E-state index contributed by atoms with van der Waals surface area (Å²) in [7, 11) is 0. The minimum atomic E-state index is 0.203. The molecule has 0 radical (unpaired) electrons. The Labute approximate surface area is 72.6 Å². The molecule has 0 aromatic carbocycles. The molecule has 0 saturated heterocycles. The van der Waals surface area contributed by atoms with Crippen LogP contribution in [0.1, 0.15) is 0 Å². The molecule has 12 heavy (non-hydrogen) atoms. The summed E-state index contributed by atoms with van der Waals surface area (Å²) in [6.07, 6.45) is 6.18. The first-order valence-electron chi connectivity index (χ1n) is 3.26. The van der Waals surface area contributed by atoms with E-state index in [0.29, 0.717) is 0 Å². The standard InChI is InChI=1S/C7H5N3OS/c11-6-3-10-7(12-6)5-1-8-4-9-2-5/h1-4,11H. The molecule has 0 fully saturated rings. The number of hydrogen-bond donors (Lipinski definition) is 1. The normalized spacial score (nSPS) is 10.0. The van der Waals surface area contributed by atoms with Crippen molar-refractivity contribution in [1.29, 1.82) is 0 Å². The Hall–Kier alpha value is -1.49. The van der Waals surface area contributed by atoms with Crippen molar-refractivity contribution in [3.8, 4) is 15.6 Å². The van der Waals surface area contributed by atoms with Gasteiger partial charge in [-0.25, -0.2) is 15.0 Å². The molecule has 5 heteroatoms. The second-order valence-electron chi connectivity index (χ2n) is 2.13. The zero-order chi connectivity index (χ0) is 8.39. The summed E-state index contributed by atoms with van der Waals surface area (Å²) in [6.45, 7) is 0. The summed E-state index contributed by atoms with van der Waals surface area (Å²) in [5, 5.41) is 9.96. The molecule has 2 aromatic rings. The van der Waals surface area contributed by atoms with Crippen LogP contribution in [0.15, 0.2) is 24.9 Å². The number of thiazole rings is 1. The smallest absolute Gasteiger partial charge is 0.192 e. The maximum atomic E-state index is 9.03. The Balaban J connectivity index is 2.45. The largest absolute Gasteiger partial charge is 0.498 e. The third kappa shape index (κ3) is 1.26. The molecule has 2 rings (SSSR count). The van der Waals surface area contributed by atoms with E-state index >= 15 is 0 Å². The second kappa shape index (κ2) is 2.86. The molecule has 0 atom stereocenters. The lowest BCUT2D eigenvalue weighted by Crippen LogP contribution is -1.79. The van der Waals surface area contributed by atoms with E-state index in [1.54, 1.807) is 12.4 Å². The summed E-state index contributed by atoms with van der Waals surface area (Å²) in [5.74, 6) is 0. The molecule has 0 aliphatic heterocycles. The van der Waals surface area contributed by atoms with Crippen LogP contribution < -0.4 is 0 Å². The molecule has 2 heterocycles. The minimum absolute atomic E-state index is 0.203. The van der Waals surface area contributed by atoms with Crippen molar-refractivity contribution in [3.63, 3.8) is 0 Å². The van der Waals surface area contributed by atoms with Gasteiger partial charge in [-0.05, 0) is 0 Å². The van der Waals surface area contributed by atoms with Crippen LogP contribution in [-0.4, -0.2) is 20.1 Å². The Morgan fingerprint density at radius 3 is 2.50 bits per heavy atom. The molecule has 0 unspecified atom stereocenters. The van der Waals surface area contributed by atoms with Gasteiger partial charge in [0.2, 0.25) is 0 Å². The van der Waals surface area contributed by atoms with Crippen LogP contribution in [0.3, 0.4) is 0 Å². The van der Waals surface area contributed by atoms with Gasteiger partial charge in [0.15, 0.2) is 5.06 Å². The third-order valence-electron chi connectivity index (χ3n) is 1.30. The van der Waals surface area contributed by atoms with Gasteiger partial charge in [-0.15, -0.1) is 0 Å². The predicted molar refractivity (Wildman–Crippen MR) is 44.8 cm³/mol. The van der Waals surface area contributed by atoms with Crippen molar-refractivity contribution in [1.82, 2.24) is 15.0 Å². The van der Waals surface area contributed by atoms with Crippen LogP contribution in [0, 0.1) is 0 Å².